The Hall–Kier alpha value is -2.77. The van der Waals surface area contributed by atoms with Crippen molar-refractivity contribution in [3.05, 3.63) is 58.5 Å². The number of benzene rings is 2. The summed E-state index contributed by atoms with van der Waals surface area (Å²) in [6.07, 6.45) is 4.41. The van der Waals surface area contributed by atoms with Gasteiger partial charge in [0, 0.05) is 23.3 Å². The van der Waals surface area contributed by atoms with Crippen LogP contribution in [-0.4, -0.2) is 45.1 Å². The second-order valence-electron chi connectivity index (χ2n) is 7.51. The third-order valence-electron chi connectivity index (χ3n) is 5.42. The van der Waals surface area contributed by atoms with Gasteiger partial charge < -0.3 is 20.3 Å². The molecule has 2 heterocycles. The van der Waals surface area contributed by atoms with E-state index in [0.29, 0.717) is 22.7 Å². The van der Waals surface area contributed by atoms with Crippen molar-refractivity contribution in [1.82, 2.24) is 5.32 Å². The van der Waals surface area contributed by atoms with Crippen molar-refractivity contribution in [2.45, 2.75) is 17.7 Å². The summed E-state index contributed by atoms with van der Waals surface area (Å²) < 4.78 is 5.17. The molecular weight excluding hydrogens is 398 g/mol. The lowest BCUT2D eigenvalue weighted by Gasteiger charge is -2.19. The number of likely N-dealkylation sites (tertiary alicyclic amines) is 1. The van der Waals surface area contributed by atoms with Gasteiger partial charge in [-0.2, -0.15) is 0 Å². The lowest BCUT2D eigenvalue weighted by atomic mass is 10.1. The van der Waals surface area contributed by atoms with Gasteiger partial charge in [-0.25, -0.2) is 0 Å². The smallest absolute Gasteiger partial charge is 0.262 e. The summed E-state index contributed by atoms with van der Waals surface area (Å²) in [6.45, 7) is 4.03. The number of amides is 2. The highest BCUT2D eigenvalue weighted by Crippen LogP contribution is 2.39. The number of ether oxygens (including phenoxy) is 1. The van der Waals surface area contributed by atoms with Crippen LogP contribution < -0.4 is 20.3 Å². The van der Waals surface area contributed by atoms with E-state index >= 15 is 0 Å². The number of carbonyl (C=O) groups excluding carboxylic acids is 2. The molecule has 2 aliphatic rings. The Kier molecular flexibility index (Phi) is 6.40. The van der Waals surface area contributed by atoms with E-state index < -0.39 is 0 Å². The Labute approximate surface area is 180 Å². The molecule has 1 saturated heterocycles. The van der Waals surface area contributed by atoms with Crippen LogP contribution >= 0.6 is 11.8 Å². The number of methoxy groups -OCH3 is 1. The zero-order valence-electron chi connectivity index (χ0n) is 17.0. The summed E-state index contributed by atoms with van der Waals surface area (Å²) in [4.78, 5) is 28.1. The maximum absolute atomic E-state index is 12.6. The van der Waals surface area contributed by atoms with Crippen LogP contribution in [0.5, 0.6) is 5.75 Å². The van der Waals surface area contributed by atoms with Crippen LogP contribution in [0.1, 0.15) is 28.8 Å². The van der Waals surface area contributed by atoms with Crippen molar-refractivity contribution in [1.29, 1.82) is 0 Å². The number of carbonyl (C=O) groups is 2. The molecule has 0 radical (unpaired) electrons. The van der Waals surface area contributed by atoms with Crippen LogP contribution in [0, 0.1) is 0 Å². The Morgan fingerprint density at radius 2 is 1.97 bits per heavy atom. The molecule has 6 nitrogen and oxygen atoms in total. The number of thioether (sulfide) groups is 1. The van der Waals surface area contributed by atoms with Crippen LogP contribution in [-0.2, 0) is 4.79 Å². The topological polar surface area (TPSA) is 71.9 Å². The zero-order chi connectivity index (χ0) is 20.9. The summed E-state index contributed by atoms with van der Waals surface area (Å²) in [7, 11) is 1.62. The van der Waals surface area contributed by atoms with Gasteiger partial charge in [-0.05, 0) is 42.0 Å². The number of quaternary nitrogens is 1. The van der Waals surface area contributed by atoms with Crippen LogP contribution in [0.2, 0.25) is 0 Å². The van der Waals surface area contributed by atoms with Crippen LogP contribution in [0.15, 0.2) is 52.3 Å². The van der Waals surface area contributed by atoms with Crippen LogP contribution in [0.3, 0.4) is 0 Å². The average Bonchev–Trinajstić information content (AvgIpc) is 3.28. The molecule has 0 aromatic heterocycles. The summed E-state index contributed by atoms with van der Waals surface area (Å²) in [5.74, 6) is 0.504. The summed E-state index contributed by atoms with van der Waals surface area (Å²) in [6, 6.07) is 13.0. The molecule has 2 amide bonds. The van der Waals surface area contributed by atoms with Crippen LogP contribution in [0.4, 0.5) is 5.69 Å². The van der Waals surface area contributed by atoms with Gasteiger partial charge in [0.1, 0.15) is 5.75 Å². The van der Waals surface area contributed by atoms with Gasteiger partial charge in [-0.3, -0.25) is 9.59 Å². The van der Waals surface area contributed by atoms with E-state index in [1.165, 1.54) is 37.7 Å². The van der Waals surface area contributed by atoms with E-state index in [2.05, 4.69) is 10.6 Å². The quantitative estimate of drug-likeness (QED) is 0.622. The number of hydrogen-bond acceptors (Lipinski definition) is 4. The third-order valence-corrected chi connectivity index (χ3v) is 6.52. The normalized spacial score (nSPS) is 17.5. The minimum atomic E-state index is -0.168. The Morgan fingerprint density at radius 1 is 1.20 bits per heavy atom. The predicted octanol–water partition coefficient (Wildman–Crippen LogP) is 2.19. The maximum Gasteiger partial charge on any atom is 0.262 e. The third kappa shape index (κ3) is 4.86. The number of anilines is 1. The molecule has 0 spiro atoms. The molecule has 4 rings (SSSR count). The van der Waals surface area contributed by atoms with Gasteiger partial charge in [0.15, 0.2) is 0 Å². The van der Waals surface area contributed by atoms with E-state index in [1.54, 1.807) is 18.1 Å². The molecular formula is C23H26N3O3S+. The summed E-state index contributed by atoms with van der Waals surface area (Å²) in [5, 5.41) is 5.91. The highest BCUT2D eigenvalue weighted by Gasteiger charge is 2.22. The number of hydrogen-bond donors (Lipinski definition) is 3. The minimum Gasteiger partial charge on any atom is -0.497 e. The molecule has 0 aliphatic carbocycles. The standard InChI is InChI=1S/C23H25N3O3S/c1-29-18-7-4-16(5-8-18)14-21-23(28)25-19-15-17(6-9-20(19)30-21)22(27)24-10-13-26-11-2-3-12-26/h4-9,14-15H,2-3,10-13H2,1H3,(H,24,27)(H,25,28)/p+1. The monoisotopic (exact) mass is 424 g/mol. The van der Waals surface area contributed by atoms with Crippen molar-refractivity contribution in [3.8, 4) is 5.75 Å². The van der Waals surface area contributed by atoms with Crippen molar-refractivity contribution in [3.63, 3.8) is 0 Å². The molecule has 30 heavy (non-hydrogen) atoms. The second-order valence-corrected chi connectivity index (χ2v) is 8.60. The van der Waals surface area contributed by atoms with Gasteiger partial charge in [-0.15, -0.1) is 0 Å². The minimum absolute atomic E-state index is 0.102. The predicted molar refractivity (Wildman–Crippen MR) is 119 cm³/mol. The van der Waals surface area contributed by atoms with E-state index in [0.717, 1.165) is 22.8 Å². The first-order valence-corrected chi connectivity index (χ1v) is 11.0. The Balaban J connectivity index is 1.41. The summed E-state index contributed by atoms with van der Waals surface area (Å²) in [5.41, 5.74) is 2.16. The van der Waals surface area contributed by atoms with Crippen molar-refractivity contribution in [2.75, 3.05) is 38.6 Å². The van der Waals surface area contributed by atoms with Gasteiger partial charge in [-0.1, -0.05) is 23.9 Å². The largest absolute Gasteiger partial charge is 0.497 e. The fourth-order valence-electron chi connectivity index (χ4n) is 3.73. The molecule has 156 valence electrons. The average molecular weight is 425 g/mol. The fourth-order valence-corrected chi connectivity index (χ4v) is 4.66. The molecule has 3 N–H and O–H groups in total. The molecule has 7 heteroatoms. The van der Waals surface area contributed by atoms with E-state index in [4.69, 9.17) is 4.74 Å². The first-order valence-electron chi connectivity index (χ1n) is 10.2. The molecule has 0 atom stereocenters. The molecule has 0 saturated carbocycles. The van der Waals surface area contributed by atoms with Gasteiger partial charge >= 0.3 is 0 Å². The molecule has 0 unspecified atom stereocenters. The molecule has 2 aliphatic heterocycles. The maximum atomic E-state index is 12.6. The first kappa shape index (κ1) is 20.5. The van der Waals surface area contributed by atoms with Gasteiger partial charge in [0.25, 0.3) is 11.8 Å². The zero-order valence-corrected chi connectivity index (χ0v) is 17.8. The second kappa shape index (κ2) is 9.36. The van der Waals surface area contributed by atoms with E-state index in [1.807, 2.05) is 42.5 Å². The van der Waals surface area contributed by atoms with Crippen LogP contribution in [0.25, 0.3) is 6.08 Å². The Morgan fingerprint density at radius 3 is 2.70 bits per heavy atom. The first-order chi connectivity index (χ1) is 14.6. The number of nitrogens with one attached hydrogen (secondary N) is 3. The lowest BCUT2D eigenvalue weighted by molar-refractivity contribution is -0.886. The molecule has 2 aromatic rings. The van der Waals surface area contributed by atoms with Gasteiger partial charge in [0.2, 0.25) is 0 Å². The highest BCUT2D eigenvalue weighted by molar-refractivity contribution is 8.04. The highest BCUT2D eigenvalue weighted by atomic mass is 32.2. The fraction of sp³-hybridized carbons (Fsp3) is 0.304. The molecule has 2 aromatic carbocycles. The lowest BCUT2D eigenvalue weighted by Crippen LogP contribution is -3.10. The van der Waals surface area contributed by atoms with Crippen molar-refractivity contribution < 1.29 is 19.2 Å². The molecule has 1 fully saturated rings. The summed E-state index contributed by atoms with van der Waals surface area (Å²) >= 11 is 1.41. The number of rotatable bonds is 6. The van der Waals surface area contributed by atoms with Gasteiger partial charge in [0.05, 0.1) is 43.9 Å². The van der Waals surface area contributed by atoms with Crippen molar-refractivity contribution in [2.24, 2.45) is 0 Å². The molecule has 0 bridgehead atoms. The van der Waals surface area contributed by atoms with E-state index in [-0.39, 0.29) is 11.8 Å². The number of fused-ring (bicyclic) bond motifs is 1. The van der Waals surface area contributed by atoms with E-state index in [9.17, 15) is 9.59 Å². The SMILES string of the molecule is COc1ccc(C=C2Sc3ccc(C(=O)NCC[NH+]4CCCC4)cc3NC2=O)cc1. The van der Waals surface area contributed by atoms with Crippen molar-refractivity contribution >= 4 is 35.3 Å². The Bertz CT molecular complexity index is 966.